The highest BCUT2D eigenvalue weighted by Gasteiger charge is 2.07. The molecule has 0 fully saturated rings. The number of rotatable bonds is 4. The van der Waals surface area contributed by atoms with Crippen molar-refractivity contribution in [2.24, 2.45) is 7.05 Å². The summed E-state index contributed by atoms with van der Waals surface area (Å²) in [6.45, 7) is 3.23. The molecule has 1 aromatic carbocycles. The molecule has 22 heavy (non-hydrogen) atoms. The Kier molecular flexibility index (Phi) is 4.22. The van der Waals surface area contributed by atoms with Gasteiger partial charge in [0, 0.05) is 36.2 Å². The van der Waals surface area contributed by atoms with Crippen LogP contribution >= 0.6 is 15.9 Å². The highest BCUT2D eigenvalue weighted by atomic mass is 79.9. The molecule has 0 amide bonds. The standard InChI is InChI=1S/C16H16BrFN4/c1-10-14-5-11(8-20-16(14)22(2)21-10)7-19-9-12-6-13(18)3-4-15(12)17/h3-6,8,19H,7,9H2,1-2H3. The van der Waals surface area contributed by atoms with Crippen LogP contribution in [0.5, 0.6) is 0 Å². The lowest BCUT2D eigenvalue weighted by molar-refractivity contribution is 0.619. The Morgan fingerprint density at radius 2 is 2.09 bits per heavy atom. The lowest BCUT2D eigenvalue weighted by Gasteiger charge is -2.07. The molecule has 2 heterocycles. The van der Waals surface area contributed by atoms with E-state index >= 15 is 0 Å². The third-order valence-corrected chi connectivity index (χ3v) is 4.35. The van der Waals surface area contributed by atoms with Crippen molar-refractivity contribution in [2.75, 3.05) is 0 Å². The molecule has 0 aliphatic heterocycles. The second kappa shape index (κ2) is 6.14. The molecule has 0 radical (unpaired) electrons. The van der Waals surface area contributed by atoms with E-state index in [4.69, 9.17) is 0 Å². The number of fused-ring (bicyclic) bond motifs is 1. The van der Waals surface area contributed by atoms with Crippen LogP contribution in [0, 0.1) is 12.7 Å². The Morgan fingerprint density at radius 3 is 2.91 bits per heavy atom. The highest BCUT2D eigenvalue weighted by Crippen LogP contribution is 2.19. The lowest BCUT2D eigenvalue weighted by atomic mass is 10.2. The molecule has 3 aromatic rings. The third-order valence-electron chi connectivity index (χ3n) is 3.57. The van der Waals surface area contributed by atoms with E-state index in [0.29, 0.717) is 13.1 Å². The molecule has 6 heteroatoms. The molecule has 0 spiro atoms. The van der Waals surface area contributed by atoms with Crippen LogP contribution in [0.15, 0.2) is 34.9 Å². The van der Waals surface area contributed by atoms with Crippen LogP contribution in [0.25, 0.3) is 11.0 Å². The summed E-state index contributed by atoms with van der Waals surface area (Å²) in [5.74, 6) is -0.228. The minimum atomic E-state index is -0.228. The van der Waals surface area contributed by atoms with Gasteiger partial charge in [-0.25, -0.2) is 9.37 Å². The largest absolute Gasteiger partial charge is 0.309 e. The van der Waals surface area contributed by atoms with Crippen molar-refractivity contribution in [2.45, 2.75) is 20.0 Å². The SMILES string of the molecule is Cc1nn(C)c2ncc(CNCc3cc(F)ccc3Br)cc12. The molecule has 0 atom stereocenters. The third kappa shape index (κ3) is 3.03. The summed E-state index contributed by atoms with van der Waals surface area (Å²) in [6, 6.07) is 6.79. The quantitative estimate of drug-likeness (QED) is 0.772. The molecule has 0 saturated carbocycles. The molecule has 2 aromatic heterocycles. The molecule has 0 aliphatic carbocycles. The van der Waals surface area contributed by atoms with E-state index in [-0.39, 0.29) is 5.82 Å². The van der Waals surface area contributed by atoms with Crippen molar-refractivity contribution in [1.29, 1.82) is 0 Å². The number of nitrogens with one attached hydrogen (secondary N) is 1. The summed E-state index contributed by atoms with van der Waals surface area (Å²) in [7, 11) is 1.89. The van der Waals surface area contributed by atoms with Crippen molar-refractivity contribution in [3.05, 3.63) is 57.6 Å². The van der Waals surface area contributed by atoms with Crippen molar-refractivity contribution < 1.29 is 4.39 Å². The van der Waals surface area contributed by atoms with Gasteiger partial charge >= 0.3 is 0 Å². The van der Waals surface area contributed by atoms with Gasteiger partial charge in [0.2, 0.25) is 0 Å². The fraction of sp³-hybridized carbons (Fsp3) is 0.250. The first-order valence-electron chi connectivity index (χ1n) is 6.97. The molecule has 4 nitrogen and oxygen atoms in total. The van der Waals surface area contributed by atoms with E-state index < -0.39 is 0 Å². The summed E-state index contributed by atoms with van der Waals surface area (Å²) in [5.41, 5.74) is 3.83. The number of benzene rings is 1. The van der Waals surface area contributed by atoms with E-state index in [2.05, 4.69) is 37.4 Å². The van der Waals surface area contributed by atoms with Crippen molar-refractivity contribution in [1.82, 2.24) is 20.1 Å². The number of aryl methyl sites for hydroxylation is 2. The predicted octanol–water partition coefficient (Wildman–Crippen LogP) is 3.47. The molecule has 0 bridgehead atoms. The average Bonchev–Trinajstić information content (AvgIpc) is 2.77. The van der Waals surface area contributed by atoms with Crippen LogP contribution in [0.1, 0.15) is 16.8 Å². The molecule has 0 saturated heterocycles. The summed E-state index contributed by atoms with van der Waals surface area (Å²) in [4.78, 5) is 4.45. The first kappa shape index (κ1) is 15.1. The maximum Gasteiger partial charge on any atom is 0.157 e. The van der Waals surface area contributed by atoms with Crippen LogP contribution < -0.4 is 5.32 Å². The Balaban J connectivity index is 1.71. The van der Waals surface area contributed by atoms with E-state index in [1.54, 1.807) is 10.7 Å². The Morgan fingerprint density at radius 1 is 1.27 bits per heavy atom. The van der Waals surface area contributed by atoms with Crippen molar-refractivity contribution in [3.63, 3.8) is 0 Å². The van der Waals surface area contributed by atoms with Gasteiger partial charge in [-0.15, -0.1) is 0 Å². The maximum atomic E-state index is 13.3. The number of pyridine rings is 1. The number of aromatic nitrogens is 3. The molecule has 114 valence electrons. The van der Waals surface area contributed by atoms with Crippen molar-refractivity contribution >= 4 is 27.0 Å². The van der Waals surface area contributed by atoms with Gasteiger partial charge in [0.25, 0.3) is 0 Å². The van der Waals surface area contributed by atoms with Gasteiger partial charge in [0.05, 0.1) is 5.69 Å². The zero-order chi connectivity index (χ0) is 15.7. The lowest BCUT2D eigenvalue weighted by Crippen LogP contribution is -2.13. The van der Waals surface area contributed by atoms with Gasteiger partial charge in [0.15, 0.2) is 5.65 Å². The number of nitrogens with zero attached hydrogens (tertiary/aromatic N) is 3. The van der Waals surface area contributed by atoms with Crippen molar-refractivity contribution in [3.8, 4) is 0 Å². The summed E-state index contributed by atoms with van der Waals surface area (Å²) in [6.07, 6.45) is 1.84. The number of hydrogen-bond acceptors (Lipinski definition) is 3. The van der Waals surface area contributed by atoms with Crippen LogP contribution in [0.4, 0.5) is 4.39 Å². The highest BCUT2D eigenvalue weighted by molar-refractivity contribution is 9.10. The fourth-order valence-electron chi connectivity index (χ4n) is 2.47. The van der Waals surface area contributed by atoms with E-state index in [0.717, 1.165) is 32.3 Å². The Labute approximate surface area is 136 Å². The molecular formula is C16H16BrFN4. The Hall–Kier alpha value is -1.79. The summed E-state index contributed by atoms with van der Waals surface area (Å²) < 4.78 is 15.9. The Bertz CT molecular complexity index is 828. The molecular weight excluding hydrogens is 347 g/mol. The van der Waals surface area contributed by atoms with Gasteiger partial charge in [-0.1, -0.05) is 15.9 Å². The van der Waals surface area contributed by atoms with Gasteiger partial charge in [-0.2, -0.15) is 5.10 Å². The molecule has 0 unspecified atom stereocenters. The smallest absolute Gasteiger partial charge is 0.157 e. The van der Waals surface area contributed by atoms with Crippen LogP contribution in [0.3, 0.4) is 0 Å². The van der Waals surface area contributed by atoms with E-state index in [1.165, 1.54) is 12.1 Å². The maximum absolute atomic E-state index is 13.3. The van der Waals surface area contributed by atoms with Crippen LogP contribution in [-0.2, 0) is 20.1 Å². The predicted molar refractivity (Wildman–Crippen MR) is 87.9 cm³/mol. The van der Waals surface area contributed by atoms with Gasteiger partial charge < -0.3 is 5.32 Å². The second-order valence-corrected chi connectivity index (χ2v) is 6.12. The second-order valence-electron chi connectivity index (χ2n) is 5.26. The number of hydrogen-bond donors (Lipinski definition) is 1. The summed E-state index contributed by atoms with van der Waals surface area (Å²) >= 11 is 3.43. The zero-order valence-corrected chi connectivity index (χ0v) is 14.0. The van der Waals surface area contributed by atoms with Gasteiger partial charge in [-0.05, 0) is 42.3 Å². The summed E-state index contributed by atoms with van der Waals surface area (Å²) in [5, 5.41) is 8.74. The normalized spacial score (nSPS) is 11.3. The monoisotopic (exact) mass is 362 g/mol. The minimum Gasteiger partial charge on any atom is -0.309 e. The van der Waals surface area contributed by atoms with E-state index in [1.807, 2.05) is 20.2 Å². The van der Waals surface area contributed by atoms with Crippen LogP contribution in [0.2, 0.25) is 0 Å². The minimum absolute atomic E-state index is 0.228. The molecule has 3 rings (SSSR count). The topological polar surface area (TPSA) is 42.7 Å². The zero-order valence-electron chi connectivity index (χ0n) is 12.4. The first-order valence-corrected chi connectivity index (χ1v) is 7.77. The molecule has 0 aliphatic rings. The van der Waals surface area contributed by atoms with Gasteiger partial charge in [-0.3, -0.25) is 4.68 Å². The first-order chi connectivity index (χ1) is 10.5. The fourth-order valence-corrected chi connectivity index (χ4v) is 2.85. The van der Waals surface area contributed by atoms with Gasteiger partial charge in [0.1, 0.15) is 5.82 Å². The van der Waals surface area contributed by atoms with Crippen LogP contribution in [-0.4, -0.2) is 14.8 Å². The number of halogens is 2. The molecule has 1 N–H and O–H groups in total. The van der Waals surface area contributed by atoms with E-state index in [9.17, 15) is 4.39 Å². The average molecular weight is 363 g/mol.